The number of hydrogen-bond donors (Lipinski definition) is 1. The Morgan fingerprint density at radius 3 is 2.71 bits per heavy atom. The van der Waals surface area contributed by atoms with Crippen molar-refractivity contribution in [2.24, 2.45) is 11.1 Å². The molecule has 0 saturated heterocycles. The van der Waals surface area contributed by atoms with Gasteiger partial charge in [-0.25, -0.2) is 4.39 Å². The summed E-state index contributed by atoms with van der Waals surface area (Å²) in [5.74, 6) is -0.0313. The van der Waals surface area contributed by atoms with E-state index >= 15 is 0 Å². The van der Waals surface area contributed by atoms with Crippen molar-refractivity contribution in [2.45, 2.75) is 26.7 Å². The number of ether oxygens (including phenoxy) is 1. The maximum Gasteiger partial charge on any atom is 0.166 e. The molecule has 2 nitrogen and oxygen atoms in total. The Balaban J connectivity index is 2.36. The van der Waals surface area contributed by atoms with Gasteiger partial charge in [-0.05, 0) is 43.0 Å². The van der Waals surface area contributed by atoms with Crippen LogP contribution in [0.25, 0.3) is 0 Å². The van der Waals surface area contributed by atoms with Crippen molar-refractivity contribution >= 4 is 15.9 Å². The molecule has 1 aromatic carbocycles. The minimum atomic E-state index is -0.336. The van der Waals surface area contributed by atoms with Crippen molar-refractivity contribution < 1.29 is 9.13 Å². The summed E-state index contributed by atoms with van der Waals surface area (Å²) in [5, 5.41) is 0. The number of nitrogens with two attached hydrogens (primary N) is 1. The smallest absolute Gasteiger partial charge is 0.166 e. The first kappa shape index (κ1) is 14.5. The molecular weight excluding hydrogens is 285 g/mol. The molecule has 0 aliphatic carbocycles. The maximum atomic E-state index is 13.4. The summed E-state index contributed by atoms with van der Waals surface area (Å²) >= 11 is 3.20. The van der Waals surface area contributed by atoms with E-state index in [0.29, 0.717) is 23.4 Å². The van der Waals surface area contributed by atoms with Crippen LogP contribution in [0.15, 0.2) is 22.7 Å². The van der Waals surface area contributed by atoms with Gasteiger partial charge in [0.1, 0.15) is 0 Å². The summed E-state index contributed by atoms with van der Waals surface area (Å²) < 4.78 is 19.5. The summed E-state index contributed by atoms with van der Waals surface area (Å²) in [7, 11) is 0. The van der Waals surface area contributed by atoms with Gasteiger partial charge < -0.3 is 10.5 Å². The molecule has 0 aromatic heterocycles. The lowest BCUT2D eigenvalue weighted by atomic mass is 9.88. The van der Waals surface area contributed by atoms with Crippen molar-refractivity contribution in [1.29, 1.82) is 0 Å². The summed E-state index contributed by atoms with van der Waals surface area (Å²) in [6, 6.07) is 4.80. The van der Waals surface area contributed by atoms with Crippen LogP contribution in [0.5, 0.6) is 5.75 Å². The standard InChI is InChI=1S/C13H19BrFNO/c1-13(2,9-16)6-3-7-17-12-5-4-10(14)8-11(12)15/h4-5,8H,3,6-7,9,16H2,1-2H3. The molecule has 0 fully saturated rings. The number of rotatable bonds is 6. The zero-order chi connectivity index (χ0) is 12.9. The van der Waals surface area contributed by atoms with Crippen LogP contribution in [-0.4, -0.2) is 13.2 Å². The number of halogens is 2. The van der Waals surface area contributed by atoms with Crippen LogP contribution in [0.1, 0.15) is 26.7 Å². The van der Waals surface area contributed by atoms with Crippen LogP contribution in [0, 0.1) is 11.2 Å². The molecule has 0 radical (unpaired) electrons. The third-order valence-electron chi connectivity index (χ3n) is 2.70. The van der Waals surface area contributed by atoms with E-state index in [4.69, 9.17) is 10.5 Å². The van der Waals surface area contributed by atoms with Crippen molar-refractivity contribution in [2.75, 3.05) is 13.2 Å². The van der Waals surface area contributed by atoms with Gasteiger partial charge >= 0.3 is 0 Å². The Kier molecular flexibility index (Phi) is 5.40. The highest BCUT2D eigenvalue weighted by Crippen LogP contribution is 2.23. The fourth-order valence-corrected chi connectivity index (χ4v) is 1.76. The monoisotopic (exact) mass is 303 g/mol. The Morgan fingerprint density at radius 2 is 2.12 bits per heavy atom. The second-order valence-corrected chi connectivity index (χ2v) is 5.81. The number of hydrogen-bond acceptors (Lipinski definition) is 2. The molecule has 0 aliphatic heterocycles. The Morgan fingerprint density at radius 1 is 1.41 bits per heavy atom. The summed E-state index contributed by atoms with van der Waals surface area (Å²) in [5.41, 5.74) is 5.76. The van der Waals surface area contributed by atoms with Gasteiger partial charge in [0.15, 0.2) is 11.6 Å². The van der Waals surface area contributed by atoms with Crippen LogP contribution in [0.2, 0.25) is 0 Å². The number of benzene rings is 1. The second kappa shape index (κ2) is 6.36. The van der Waals surface area contributed by atoms with Crippen LogP contribution in [-0.2, 0) is 0 Å². The van der Waals surface area contributed by atoms with Gasteiger partial charge in [0, 0.05) is 4.47 Å². The quantitative estimate of drug-likeness (QED) is 0.813. The van der Waals surface area contributed by atoms with E-state index in [0.717, 1.165) is 12.8 Å². The van der Waals surface area contributed by atoms with Crippen LogP contribution in [0.3, 0.4) is 0 Å². The Hall–Kier alpha value is -0.610. The van der Waals surface area contributed by atoms with Gasteiger partial charge in [0.2, 0.25) is 0 Å². The fraction of sp³-hybridized carbons (Fsp3) is 0.538. The summed E-state index contributed by atoms with van der Waals surface area (Å²) in [6.45, 7) is 5.40. The van der Waals surface area contributed by atoms with Crippen molar-refractivity contribution in [3.63, 3.8) is 0 Å². The molecule has 0 amide bonds. The third kappa shape index (κ3) is 5.04. The van der Waals surface area contributed by atoms with E-state index in [1.165, 1.54) is 6.07 Å². The van der Waals surface area contributed by atoms with Gasteiger partial charge in [-0.3, -0.25) is 0 Å². The van der Waals surface area contributed by atoms with E-state index in [-0.39, 0.29) is 11.2 Å². The van der Waals surface area contributed by atoms with Crippen LogP contribution in [0.4, 0.5) is 4.39 Å². The zero-order valence-electron chi connectivity index (χ0n) is 10.3. The van der Waals surface area contributed by atoms with Crippen molar-refractivity contribution in [3.8, 4) is 5.75 Å². The van der Waals surface area contributed by atoms with Crippen molar-refractivity contribution in [1.82, 2.24) is 0 Å². The second-order valence-electron chi connectivity index (χ2n) is 4.90. The molecular formula is C13H19BrFNO. The predicted octanol–water partition coefficient (Wildman–Crippen LogP) is 3.73. The molecule has 1 rings (SSSR count). The molecule has 0 saturated carbocycles. The average molecular weight is 304 g/mol. The topological polar surface area (TPSA) is 35.2 Å². The summed E-state index contributed by atoms with van der Waals surface area (Å²) in [6.07, 6.45) is 1.85. The lowest BCUT2D eigenvalue weighted by Gasteiger charge is -2.21. The fourth-order valence-electron chi connectivity index (χ4n) is 1.43. The molecule has 0 spiro atoms. The minimum absolute atomic E-state index is 0.127. The molecule has 0 unspecified atom stereocenters. The Labute approximate surface area is 110 Å². The van der Waals surface area contributed by atoms with Crippen LogP contribution < -0.4 is 10.5 Å². The molecule has 4 heteroatoms. The Bertz CT molecular complexity index is 368. The average Bonchev–Trinajstić information content (AvgIpc) is 2.27. The largest absolute Gasteiger partial charge is 0.491 e. The third-order valence-corrected chi connectivity index (χ3v) is 3.20. The lowest BCUT2D eigenvalue weighted by Crippen LogP contribution is -2.24. The molecule has 0 atom stereocenters. The van der Waals surface area contributed by atoms with Gasteiger partial charge in [-0.1, -0.05) is 29.8 Å². The van der Waals surface area contributed by atoms with Gasteiger partial charge in [-0.15, -0.1) is 0 Å². The highest BCUT2D eigenvalue weighted by molar-refractivity contribution is 9.10. The minimum Gasteiger partial charge on any atom is -0.491 e. The molecule has 0 bridgehead atoms. The molecule has 0 heterocycles. The van der Waals surface area contributed by atoms with Gasteiger partial charge in [0.05, 0.1) is 6.61 Å². The van der Waals surface area contributed by atoms with E-state index < -0.39 is 0 Å². The molecule has 17 heavy (non-hydrogen) atoms. The zero-order valence-corrected chi connectivity index (χ0v) is 11.9. The molecule has 1 aromatic rings. The first-order chi connectivity index (χ1) is 7.94. The first-order valence-electron chi connectivity index (χ1n) is 5.72. The SMILES string of the molecule is CC(C)(CN)CCCOc1ccc(Br)cc1F. The molecule has 96 valence electrons. The maximum absolute atomic E-state index is 13.4. The van der Waals surface area contributed by atoms with E-state index in [2.05, 4.69) is 29.8 Å². The van der Waals surface area contributed by atoms with E-state index in [1.807, 2.05) is 0 Å². The van der Waals surface area contributed by atoms with Gasteiger partial charge in [0.25, 0.3) is 0 Å². The van der Waals surface area contributed by atoms with Crippen LogP contribution >= 0.6 is 15.9 Å². The first-order valence-corrected chi connectivity index (χ1v) is 6.52. The lowest BCUT2D eigenvalue weighted by molar-refractivity contribution is 0.253. The molecule has 0 aliphatic rings. The van der Waals surface area contributed by atoms with Crippen molar-refractivity contribution in [3.05, 3.63) is 28.5 Å². The highest BCUT2D eigenvalue weighted by atomic mass is 79.9. The van der Waals surface area contributed by atoms with E-state index in [1.54, 1.807) is 12.1 Å². The van der Waals surface area contributed by atoms with E-state index in [9.17, 15) is 4.39 Å². The molecule has 2 N–H and O–H groups in total. The van der Waals surface area contributed by atoms with Gasteiger partial charge in [-0.2, -0.15) is 0 Å². The predicted molar refractivity (Wildman–Crippen MR) is 71.7 cm³/mol. The summed E-state index contributed by atoms with van der Waals surface area (Å²) in [4.78, 5) is 0. The normalized spacial score (nSPS) is 11.6. The highest BCUT2D eigenvalue weighted by Gasteiger charge is 2.14.